The maximum atomic E-state index is 4.97. The summed E-state index contributed by atoms with van der Waals surface area (Å²) >= 11 is 24.7. The molecule has 0 atom stereocenters. The van der Waals surface area contributed by atoms with E-state index >= 15 is 0 Å². The number of rotatable bonds is 18. The molecule has 666 valence electrons. The molecule has 0 aliphatic rings. The SMILES string of the molecule is CC(C)(C)c1cc(-c2ccc(-c3ccccc3-c3cc(-c4ccccc4-c4ccc(-c5cc(-c6ccc(-c7ccccc7-c7cc(-c8ccccc8-c8ccc(-c9cc(C(C)(C)C)ncn9)cc8Br)cc(-c8ccccc8-c8ccc(-c9cc(C(C)(C)C)ncn9)cc8Br)c7)c(Br)c6)ncn5)cc4Br)cc(-c4ccccc4-c4ccc(-c5cc(C(C)(C)C)ncn5)cc4Br)c3)c(Br)c2)ncn1. The first kappa shape index (κ1) is 92.4. The molecule has 16 heteroatoms. The van der Waals surface area contributed by atoms with Crippen molar-refractivity contribution in [2.24, 2.45) is 0 Å². The van der Waals surface area contributed by atoms with Crippen molar-refractivity contribution in [3.05, 3.63) is 403 Å². The minimum Gasteiger partial charge on any atom is -0.241 e. The number of benzene rings is 14. The van der Waals surface area contributed by atoms with E-state index in [2.05, 4.69) is 520 Å². The van der Waals surface area contributed by atoms with Crippen LogP contribution in [0.4, 0.5) is 0 Å². The molecule has 0 N–H and O–H groups in total. The zero-order valence-corrected chi connectivity index (χ0v) is 86.7. The minimum absolute atomic E-state index is 0.140. The average molecular weight is 2160 g/mol. The molecule has 19 rings (SSSR count). The molecule has 0 spiro atoms. The summed E-state index contributed by atoms with van der Waals surface area (Å²) in [5, 5.41) is 0. The van der Waals surface area contributed by atoms with Crippen LogP contribution in [0, 0.1) is 0 Å². The molecule has 5 heterocycles. The second kappa shape index (κ2) is 38.1. The summed E-state index contributed by atoms with van der Waals surface area (Å²) in [5.74, 6) is 0. The van der Waals surface area contributed by atoms with Crippen LogP contribution in [-0.4, -0.2) is 49.8 Å². The molecular weight excluding hydrogens is 2060 g/mol. The van der Waals surface area contributed by atoms with Crippen LogP contribution in [0.2, 0.25) is 0 Å². The highest BCUT2D eigenvalue weighted by molar-refractivity contribution is 9.11. The van der Waals surface area contributed by atoms with Gasteiger partial charge in [0.25, 0.3) is 0 Å². The molecule has 0 amide bonds. The standard InChI is InChI=1S/C120H94Br6N10/c1-117(2,3)113-62-109(129-67-133-113)73-39-45-97(103(123)57-73)91-33-21-15-27-85(91)79-49-77(50-80(53-79)86-28-16-22-34-92(86)98-46-40-74(58-104(98)124)110-63-114(118(4,5)6)134-68-130-110)83-25-13-19-31-89(83)95-43-37-71(55-101(95)121)107-61-108(128-66-127-107)72-38-44-96(102(122)56-72)90-32-20-14-26-84(90)78-51-81(87-29-17-23-35-93(87)99-47-41-75(59-105(99)125)111-64-115(119(7,8)9)135-69-131-111)54-82(52-78)88-30-18-24-36-94(88)100-48-42-76(60-106(100)126)112-65-116(120(10,11)12)136-70-132-112/h13-70H,1-12H3. The Hall–Kier alpha value is -12.6. The van der Waals surface area contributed by atoms with E-state index in [0.29, 0.717) is 0 Å². The summed E-state index contributed by atoms with van der Waals surface area (Å²) in [6.45, 7) is 26.1. The van der Waals surface area contributed by atoms with Gasteiger partial charge >= 0.3 is 0 Å². The zero-order chi connectivity index (χ0) is 94.6. The maximum Gasteiger partial charge on any atom is 0.116 e. The van der Waals surface area contributed by atoms with E-state index in [1.54, 1.807) is 31.6 Å². The molecule has 0 radical (unpaired) electrons. The summed E-state index contributed by atoms with van der Waals surface area (Å²) in [6, 6.07) is 116. The van der Waals surface area contributed by atoms with Gasteiger partial charge in [-0.2, -0.15) is 0 Å². The van der Waals surface area contributed by atoms with E-state index in [9.17, 15) is 0 Å². The summed E-state index contributed by atoms with van der Waals surface area (Å²) < 4.78 is 5.64. The number of aromatic nitrogens is 10. The molecule has 5 aromatic heterocycles. The second-order valence-electron chi connectivity index (χ2n) is 38.5. The molecule has 0 bridgehead atoms. The van der Waals surface area contributed by atoms with Crippen LogP contribution in [0.25, 0.3) is 201 Å². The van der Waals surface area contributed by atoms with Gasteiger partial charge < -0.3 is 0 Å². The normalized spacial score (nSPS) is 11.9. The molecule has 0 fully saturated rings. The first-order chi connectivity index (χ1) is 65.4. The highest BCUT2D eigenvalue weighted by Gasteiger charge is 2.28. The van der Waals surface area contributed by atoms with Gasteiger partial charge in [0.05, 0.1) is 34.2 Å². The van der Waals surface area contributed by atoms with E-state index in [1.807, 2.05) is 0 Å². The molecule has 136 heavy (non-hydrogen) atoms. The van der Waals surface area contributed by atoms with Crippen molar-refractivity contribution in [1.82, 2.24) is 49.8 Å². The molecule has 0 aliphatic heterocycles. The predicted octanol–water partition coefficient (Wildman–Crippen LogP) is 35.4. The Bertz CT molecular complexity index is 7100. The Balaban J connectivity index is 0.668. The summed E-state index contributed by atoms with van der Waals surface area (Å²) in [7, 11) is 0. The monoisotopic (exact) mass is 2150 g/mol. The third kappa shape index (κ3) is 19.4. The van der Waals surface area contributed by atoms with Gasteiger partial charge in [0.15, 0.2) is 0 Å². The smallest absolute Gasteiger partial charge is 0.116 e. The number of hydrogen-bond donors (Lipinski definition) is 0. The Morgan fingerprint density at radius 3 is 0.441 bits per heavy atom. The fourth-order valence-electron chi connectivity index (χ4n) is 17.7. The molecule has 0 unspecified atom stereocenters. The van der Waals surface area contributed by atoms with Crippen LogP contribution in [-0.2, 0) is 21.7 Å². The lowest BCUT2D eigenvalue weighted by molar-refractivity contribution is 0.567. The summed E-state index contributed by atoms with van der Waals surface area (Å²) in [5.41, 5.74) is 39.7. The van der Waals surface area contributed by atoms with Crippen molar-refractivity contribution in [3.63, 3.8) is 0 Å². The van der Waals surface area contributed by atoms with Crippen LogP contribution >= 0.6 is 95.6 Å². The van der Waals surface area contributed by atoms with Crippen molar-refractivity contribution in [2.45, 2.75) is 105 Å². The Morgan fingerprint density at radius 2 is 0.287 bits per heavy atom. The molecule has 0 saturated heterocycles. The number of halogens is 6. The topological polar surface area (TPSA) is 129 Å². The van der Waals surface area contributed by atoms with E-state index in [-0.39, 0.29) is 21.7 Å². The quantitative estimate of drug-likeness (QED) is 0.0819. The van der Waals surface area contributed by atoms with E-state index in [4.69, 9.17) is 29.9 Å². The molecule has 0 aliphatic carbocycles. The van der Waals surface area contributed by atoms with Crippen molar-refractivity contribution in [3.8, 4) is 201 Å². The van der Waals surface area contributed by atoms with Crippen LogP contribution in [0.15, 0.2) is 380 Å². The highest BCUT2D eigenvalue weighted by atomic mass is 79.9. The lowest BCUT2D eigenvalue weighted by Gasteiger charge is -2.19. The summed E-state index contributed by atoms with van der Waals surface area (Å²) in [6.07, 6.45) is 8.34. The van der Waals surface area contributed by atoms with Gasteiger partial charge in [0.1, 0.15) is 31.6 Å². The van der Waals surface area contributed by atoms with Crippen molar-refractivity contribution < 1.29 is 0 Å². The average Bonchev–Trinajstić information content (AvgIpc) is 0.762. The van der Waals surface area contributed by atoms with Crippen LogP contribution in [0.3, 0.4) is 0 Å². The van der Waals surface area contributed by atoms with Crippen molar-refractivity contribution in [2.75, 3.05) is 0 Å². The van der Waals surface area contributed by atoms with E-state index < -0.39 is 0 Å². The third-order valence-electron chi connectivity index (χ3n) is 25.0. The number of nitrogens with zero attached hydrogens (tertiary/aromatic N) is 10. The van der Waals surface area contributed by atoms with Gasteiger partial charge in [0.2, 0.25) is 0 Å². The lowest BCUT2D eigenvalue weighted by atomic mass is 9.86. The Morgan fingerprint density at radius 1 is 0.140 bits per heavy atom. The Kier molecular flexibility index (Phi) is 25.9. The van der Waals surface area contributed by atoms with Crippen LogP contribution in [0.1, 0.15) is 106 Å². The summed E-state index contributed by atoms with van der Waals surface area (Å²) in [4.78, 5) is 47.5. The van der Waals surface area contributed by atoms with Gasteiger partial charge in [-0.3, -0.25) is 0 Å². The van der Waals surface area contributed by atoms with Gasteiger partial charge in [-0.05, 0) is 237 Å². The molecule has 0 saturated carbocycles. The van der Waals surface area contributed by atoms with Gasteiger partial charge in [-0.1, -0.05) is 397 Å². The fraction of sp³-hybridized carbons (Fsp3) is 0.133. The first-order valence-corrected chi connectivity index (χ1v) is 50.0. The lowest BCUT2D eigenvalue weighted by Crippen LogP contribution is -2.13. The predicted molar refractivity (Wildman–Crippen MR) is 583 cm³/mol. The number of hydrogen-bond acceptors (Lipinski definition) is 10. The van der Waals surface area contributed by atoms with Crippen molar-refractivity contribution in [1.29, 1.82) is 0 Å². The fourth-order valence-corrected chi connectivity index (χ4v) is 21.3. The largest absolute Gasteiger partial charge is 0.241 e. The Labute approximate surface area is 846 Å². The molecular formula is C120H94Br6N10. The molecule has 10 nitrogen and oxygen atoms in total. The molecule has 19 aromatic rings. The van der Waals surface area contributed by atoms with Gasteiger partial charge in [-0.25, -0.2) is 49.8 Å². The van der Waals surface area contributed by atoms with Crippen LogP contribution < -0.4 is 0 Å². The second-order valence-corrected chi connectivity index (χ2v) is 43.6. The first-order valence-electron chi connectivity index (χ1n) is 45.2. The van der Waals surface area contributed by atoms with E-state index in [0.717, 1.165) is 251 Å². The maximum absolute atomic E-state index is 4.97. The van der Waals surface area contributed by atoms with Gasteiger partial charge in [-0.15, -0.1) is 0 Å². The van der Waals surface area contributed by atoms with Crippen LogP contribution in [0.5, 0.6) is 0 Å². The van der Waals surface area contributed by atoms with Gasteiger partial charge in [0, 0.05) is 105 Å². The van der Waals surface area contributed by atoms with Crippen molar-refractivity contribution >= 4 is 95.6 Å². The van der Waals surface area contributed by atoms with E-state index in [1.165, 1.54) is 0 Å². The highest BCUT2D eigenvalue weighted by Crippen LogP contribution is 2.51. The molecule has 14 aromatic carbocycles. The third-order valence-corrected chi connectivity index (χ3v) is 29.0. The zero-order valence-electron chi connectivity index (χ0n) is 77.2. The minimum atomic E-state index is -0.140.